The van der Waals surface area contributed by atoms with Crippen molar-refractivity contribution in [2.75, 3.05) is 5.32 Å². The van der Waals surface area contributed by atoms with Crippen molar-refractivity contribution in [1.82, 2.24) is 10.3 Å². The molecule has 0 atom stereocenters. The van der Waals surface area contributed by atoms with Crippen molar-refractivity contribution in [2.45, 2.75) is 6.54 Å². The summed E-state index contributed by atoms with van der Waals surface area (Å²) in [5, 5.41) is 5.63. The number of hydrogen-bond acceptors (Lipinski definition) is 4. The summed E-state index contributed by atoms with van der Waals surface area (Å²) in [6.07, 6.45) is 4.52. The lowest BCUT2D eigenvalue weighted by Gasteiger charge is -2.09. The van der Waals surface area contributed by atoms with Crippen LogP contribution in [0, 0.1) is 5.82 Å². The SMILES string of the molecule is O=C(NCc1ccco1)c1cncc(Nc2ccccc2F)c1. The van der Waals surface area contributed by atoms with Crippen molar-refractivity contribution in [2.24, 2.45) is 0 Å². The lowest BCUT2D eigenvalue weighted by Crippen LogP contribution is -2.22. The van der Waals surface area contributed by atoms with E-state index in [0.717, 1.165) is 0 Å². The Kier molecular flexibility index (Phi) is 4.33. The number of para-hydroxylation sites is 1. The van der Waals surface area contributed by atoms with Gasteiger partial charge < -0.3 is 15.1 Å². The van der Waals surface area contributed by atoms with Crippen LogP contribution in [0.1, 0.15) is 16.1 Å². The first kappa shape index (κ1) is 14.8. The number of hydrogen-bond donors (Lipinski definition) is 2. The number of anilines is 2. The summed E-state index contributed by atoms with van der Waals surface area (Å²) in [6, 6.07) is 11.4. The van der Waals surface area contributed by atoms with E-state index in [1.165, 1.54) is 18.5 Å². The Morgan fingerprint density at radius 2 is 2.04 bits per heavy atom. The van der Waals surface area contributed by atoms with Crippen LogP contribution >= 0.6 is 0 Å². The van der Waals surface area contributed by atoms with E-state index in [1.807, 2.05) is 0 Å². The molecule has 1 amide bonds. The van der Waals surface area contributed by atoms with Gasteiger partial charge >= 0.3 is 0 Å². The van der Waals surface area contributed by atoms with Gasteiger partial charge in [-0.25, -0.2) is 4.39 Å². The lowest BCUT2D eigenvalue weighted by molar-refractivity contribution is 0.0947. The number of nitrogens with zero attached hydrogens (tertiary/aromatic N) is 1. The average Bonchev–Trinajstić information content (AvgIpc) is 3.08. The highest BCUT2D eigenvalue weighted by Gasteiger charge is 2.08. The molecule has 5 nitrogen and oxygen atoms in total. The minimum atomic E-state index is -0.375. The summed E-state index contributed by atoms with van der Waals surface area (Å²) in [4.78, 5) is 16.1. The van der Waals surface area contributed by atoms with Crippen molar-refractivity contribution in [3.05, 3.63) is 78.3 Å². The molecule has 0 aliphatic carbocycles. The van der Waals surface area contributed by atoms with Crippen LogP contribution in [0.5, 0.6) is 0 Å². The molecule has 116 valence electrons. The molecule has 23 heavy (non-hydrogen) atoms. The molecule has 6 heteroatoms. The molecule has 0 fully saturated rings. The quantitative estimate of drug-likeness (QED) is 0.757. The number of aromatic nitrogens is 1. The molecule has 0 saturated heterocycles. The van der Waals surface area contributed by atoms with Crippen LogP contribution in [0.15, 0.2) is 65.5 Å². The van der Waals surface area contributed by atoms with Gasteiger partial charge in [0.25, 0.3) is 5.91 Å². The van der Waals surface area contributed by atoms with Crippen molar-refractivity contribution in [3.8, 4) is 0 Å². The normalized spacial score (nSPS) is 10.3. The van der Waals surface area contributed by atoms with E-state index in [4.69, 9.17) is 4.42 Å². The van der Waals surface area contributed by atoms with Crippen LogP contribution < -0.4 is 10.6 Å². The fraction of sp³-hybridized carbons (Fsp3) is 0.0588. The number of carbonyl (C=O) groups excluding carboxylic acids is 1. The van der Waals surface area contributed by atoms with Gasteiger partial charge in [0.05, 0.1) is 35.9 Å². The first-order valence-corrected chi connectivity index (χ1v) is 6.99. The van der Waals surface area contributed by atoms with Gasteiger partial charge in [0.15, 0.2) is 0 Å². The van der Waals surface area contributed by atoms with E-state index in [2.05, 4.69) is 15.6 Å². The second-order valence-corrected chi connectivity index (χ2v) is 4.83. The van der Waals surface area contributed by atoms with Gasteiger partial charge in [-0.05, 0) is 30.3 Å². The topological polar surface area (TPSA) is 67.2 Å². The molecule has 3 aromatic rings. The largest absolute Gasteiger partial charge is 0.467 e. The van der Waals surface area contributed by atoms with E-state index < -0.39 is 0 Å². The minimum Gasteiger partial charge on any atom is -0.467 e. The highest BCUT2D eigenvalue weighted by atomic mass is 19.1. The molecule has 0 aliphatic rings. The van der Waals surface area contributed by atoms with Gasteiger partial charge in [-0.1, -0.05) is 12.1 Å². The summed E-state index contributed by atoms with van der Waals surface area (Å²) >= 11 is 0. The minimum absolute atomic E-state index is 0.286. The summed E-state index contributed by atoms with van der Waals surface area (Å²) < 4.78 is 18.8. The molecule has 0 bridgehead atoms. The number of carbonyl (C=O) groups is 1. The summed E-state index contributed by atoms with van der Waals surface area (Å²) in [6.45, 7) is 0.288. The smallest absolute Gasteiger partial charge is 0.253 e. The number of benzene rings is 1. The van der Waals surface area contributed by atoms with Gasteiger partial charge in [-0.3, -0.25) is 9.78 Å². The highest BCUT2D eigenvalue weighted by molar-refractivity contribution is 5.94. The maximum Gasteiger partial charge on any atom is 0.253 e. The van der Waals surface area contributed by atoms with E-state index in [-0.39, 0.29) is 18.3 Å². The zero-order chi connectivity index (χ0) is 16.1. The molecule has 2 heterocycles. The number of furan rings is 1. The Morgan fingerprint density at radius 1 is 1.17 bits per heavy atom. The fourth-order valence-corrected chi connectivity index (χ4v) is 2.03. The molecule has 0 saturated carbocycles. The number of pyridine rings is 1. The fourth-order valence-electron chi connectivity index (χ4n) is 2.03. The summed E-state index contributed by atoms with van der Waals surface area (Å²) in [7, 11) is 0. The Bertz CT molecular complexity index is 803. The highest BCUT2D eigenvalue weighted by Crippen LogP contribution is 2.19. The van der Waals surface area contributed by atoms with Gasteiger partial charge in [-0.15, -0.1) is 0 Å². The Morgan fingerprint density at radius 3 is 2.83 bits per heavy atom. The van der Waals surface area contributed by atoms with E-state index in [0.29, 0.717) is 22.7 Å². The van der Waals surface area contributed by atoms with E-state index in [1.54, 1.807) is 42.7 Å². The van der Waals surface area contributed by atoms with Crippen LogP contribution in [0.3, 0.4) is 0 Å². The van der Waals surface area contributed by atoms with Crippen molar-refractivity contribution < 1.29 is 13.6 Å². The first-order chi connectivity index (χ1) is 11.2. The van der Waals surface area contributed by atoms with E-state index >= 15 is 0 Å². The number of amides is 1. The van der Waals surface area contributed by atoms with Crippen LogP contribution in [-0.4, -0.2) is 10.9 Å². The maximum absolute atomic E-state index is 13.6. The van der Waals surface area contributed by atoms with Gasteiger partial charge in [-0.2, -0.15) is 0 Å². The van der Waals surface area contributed by atoms with Crippen LogP contribution in [-0.2, 0) is 6.54 Å². The van der Waals surface area contributed by atoms with Crippen molar-refractivity contribution in [1.29, 1.82) is 0 Å². The Hall–Kier alpha value is -3.15. The zero-order valence-electron chi connectivity index (χ0n) is 12.1. The second kappa shape index (κ2) is 6.74. The third-order valence-electron chi connectivity index (χ3n) is 3.16. The van der Waals surface area contributed by atoms with Crippen LogP contribution in [0.25, 0.3) is 0 Å². The molecular formula is C17H14FN3O2. The first-order valence-electron chi connectivity index (χ1n) is 6.99. The molecule has 3 rings (SSSR count). The summed E-state index contributed by atoms with van der Waals surface area (Å²) in [5.74, 6) is -0.00166. The molecule has 2 N–H and O–H groups in total. The van der Waals surface area contributed by atoms with Gasteiger partial charge in [0, 0.05) is 6.20 Å². The van der Waals surface area contributed by atoms with Crippen LogP contribution in [0.4, 0.5) is 15.8 Å². The van der Waals surface area contributed by atoms with E-state index in [9.17, 15) is 9.18 Å². The van der Waals surface area contributed by atoms with Crippen molar-refractivity contribution in [3.63, 3.8) is 0 Å². The number of nitrogens with one attached hydrogen (secondary N) is 2. The van der Waals surface area contributed by atoms with Gasteiger partial charge in [0.2, 0.25) is 0 Å². The predicted molar refractivity (Wildman–Crippen MR) is 83.8 cm³/mol. The predicted octanol–water partition coefficient (Wildman–Crippen LogP) is 3.49. The third-order valence-corrected chi connectivity index (χ3v) is 3.16. The third kappa shape index (κ3) is 3.74. The lowest BCUT2D eigenvalue weighted by atomic mass is 10.2. The standard InChI is InChI=1S/C17H14FN3O2/c18-15-5-1-2-6-16(15)21-13-8-12(9-19-10-13)17(22)20-11-14-4-3-7-23-14/h1-10,21H,11H2,(H,20,22). The Balaban J connectivity index is 1.69. The molecule has 0 spiro atoms. The molecule has 0 radical (unpaired) electrons. The molecular weight excluding hydrogens is 297 g/mol. The maximum atomic E-state index is 13.6. The number of rotatable bonds is 5. The monoisotopic (exact) mass is 311 g/mol. The molecule has 2 aromatic heterocycles. The second-order valence-electron chi connectivity index (χ2n) is 4.83. The van der Waals surface area contributed by atoms with Crippen LogP contribution in [0.2, 0.25) is 0 Å². The molecule has 1 aromatic carbocycles. The molecule has 0 unspecified atom stereocenters. The number of halogens is 1. The Labute approximate surface area is 132 Å². The van der Waals surface area contributed by atoms with Gasteiger partial charge in [0.1, 0.15) is 11.6 Å². The zero-order valence-corrected chi connectivity index (χ0v) is 12.1. The van der Waals surface area contributed by atoms with Crippen molar-refractivity contribution >= 4 is 17.3 Å². The average molecular weight is 311 g/mol. The summed E-state index contributed by atoms with van der Waals surface area (Å²) in [5.41, 5.74) is 1.22. The molecule has 0 aliphatic heterocycles.